The predicted octanol–water partition coefficient (Wildman–Crippen LogP) is 3.07. The zero-order valence-corrected chi connectivity index (χ0v) is 12.1. The lowest BCUT2D eigenvalue weighted by Crippen LogP contribution is -2.36. The normalized spacial score (nSPS) is 24.9. The number of fused-ring (bicyclic) bond motifs is 1. The summed E-state index contributed by atoms with van der Waals surface area (Å²) in [6.45, 7) is 2.30. The van der Waals surface area contributed by atoms with Crippen molar-refractivity contribution in [2.45, 2.75) is 32.2 Å². The SMILES string of the molecule is CC1(CO)CCCC1Nc1cc(C#N)nc2ccccc12. The molecule has 3 rings (SSSR count). The molecule has 1 aromatic carbocycles. The second-order valence-corrected chi connectivity index (χ2v) is 6.09. The summed E-state index contributed by atoms with van der Waals surface area (Å²) in [5.41, 5.74) is 2.07. The first-order chi connectivity index (χ1) is 10.2. The van der Waals surface area contributed by atoms with Gasteiger partial charge in [-0.25, -0.2) is 4.98 Å². The van der Waals surface area contributed by atoms with E-state index in [1.165, 1.54) is 0 Å². The third kappa shape index (κ3) is 2.45. The summed E-state index contributed by atoms with van der Waals surface area (Å²) >= 11 is 0. The van der Waals surface area contributed by atoms with E-state index in [-0.39, 0.29) is 18.1 Å². The molecular weight excluding hydrogens is 262 g/mol. The Morgan fingerprint density at radius 3 is 3.05 bits per heavy atom. The van der Waals surface area contributed by atoms with E-state index in [0.29, 0.717) is 5.69 Å². The van der Waals surface area contributed by atoms with E-state index in [2.05, 4.69) is 23.3 Å². The van der Waals surface area contributed by atoms with Gasteiger partial charge in [0.25, 0.3) is 0 Å². The molecule has 0 radical (unpaired) electrons. The van der Waals surface area contributed by atoms with Gasteiger partial charge in [0.2, 0.25) is 0 Å². The Kier molecular flexibility index (Phi) is 3.52. The lowest BCUT2D eigenvalue weighted by Gasteiger charge is -2.31. The second kappa shape index (κ2) is 5.34. The fourth-order valence-corrected chi connectivity index (χ4v) is 3.21. The Morgan fingerprint density at radius 1 is 1.48 bits per heavy atom. The van der Waals surface area contributed by atoms with Gasteiger partial charge in [-0.15, -0.1) is 0 Å². The van der Waals surface area contributed by atoms with E-state index in [1.807, 2.05) is 24.3 Å². The first kappa shape index (κ1) is 13.8. The van der Waals surface area contributed by atoms with Gasteiger partial charge in [0.05, 0.1) is 12.1 Å². The van der Waals surface area contributed by atoms with Crippen LogP contribution in [0.25, 0.3) is 10.9 Å². The number of hydrogen-bond donors (Lipinski definition) is 2. The zero-order valence-electron chi connectivity index (χ0n) is 12.1. The molecule has 0 saturated heterocycles. The first-order valence-corrected chi connectivity index (χ1v) is 7.33. The molecule has 2 N–H and O–H groups in total. The monoisotopic (exact) mass is 281 g/mol. The maximum Gasteiger partial charge on any atom is 0.143 e. The smallest absolute Gasteiger partial charge is 0.143 e. The van der Waals surface area contributed by atoms with Gasteiger partial charge in [0, 0.05) is 22.5 Å². The number of aliphatic hydroxyl groups is 1. The fourth-order valence-electron chi connectivity index (χ4n) is 3.21. The van der Waals surface area contributed by atoms with E-state index < -0.39 is 0 Å². The molecule has 0 spiro atoms. The Balaban J connectivity index is 2.02. The van der Waals surface area contributed by atoms with Gasteiger partial charge < -0.3 is 10.4 Å². The number of rotatable bonds is 3. The van der Waals surface area contributed by atoms with E-state index in [1.54, 1.807) is 6.07 Å². The Bertz CT molecular complexity index is 707. The van der Waals surface area contributed by atoms with Gasteiger partial charge in [0.15, 0.2) is 0 Å². The lowest BCUT2D eigenvalue weighted by molar-refractivity contribution is 0.139. The highest BCUT2D eigenvalue weighted by atomic mass is 16.3. The van der Waals surface area contributed by atoms with Crippen molar-refractivity contribution < 1.29 is 5.11 Å². The number of nitriles is 1. The minimum atomic E-state index is -0.100. The number of benzene rings is 1. The van der Waals surface area contributed by atoms with Gasteiger partial charge >= 0.3 is 0 Å². The largest absolute Gasteiger partial charge is 0.396 e. The number of anilines is 1. The lowest BCUT2D eigenvalue weighted by atomic mass is 9.85. The van der Waals surface area contributed by atoms with E-state index >= 15 is 0 Å². The van der Waals surface area contributed by atoms with Crippen molar-refractivity contribution >= 4 is 16.6 Å². The predicted molar refractivity (Wildman–Crippen MR) is 82.9 cm³/mol. The number of nitrogens with one attached hydrogen (secondary N) is 1. The van der Waals surface area contributed by atoms with Crippen LogP contribution < -0.4 is 5.32 Å². The average molecular weight is 281 g/mol. The molecule has 1 fully saturated rings. The number of aromatic nitrogens is 1. The highest BCUT2D eigenvalue weighted by molar-refractivity contribution is 5.91. The number of nitrogens with zero attached hydrogens (tertiary/aromatic N) is 2. The topological polar surface area (TPSA) is 68.9 Å². The molecule has 2 unspecified atom stereocenters. The van der Waals surface area contributed by atoms with Crippen molar-refractivity contribution in [3.8, 4) is 6.07 Å². The minimum Gasteiger partial charge on any atom is -0.396 e. The number of para-hydroxylation sites is 1. The molecule has 0 amide bonds. The molecule has 0 aliphatic heterocycles. The van der Waals surface area contributed by atoms with Gasteiger partial charge in [-0.2, -0.15) is 5.26 Å². The average Bonchev–Trinajstić information content (AvgIpc) is 2.89. The van der Waals surface area contributed by atoms with Gasteiger partial charge in [-0.05, 0) is 25.0 Å². The fraction of sp³-hybridized carbons (Fsp3) is 0.412. The maximum atomic E-state index is 9.68. The standard InChI is InChI=1S/C17H19N3O/c1-17(11-21)8-4-7-16(17)20-15-9-12(10-18)19-14-6-3-2-5-13(14)15/h2-3,5-6,9,16,21H,4,7-8,11H2,1H3,(H,19,20). The number of pyridine rings is 1. The van der Waals surface area contributed by atoms with Gasteiger partial charge in [-0.1, -0.05) is 31.5 Å². The molecule has 1 saturated carbocycles. The molecule has 2 atom stereocenters. The summed E-state index contributed by atoms with van der Waals surface area (Å²) in [6, 6.07) is 12.0. The molecular formula is C17H19N3O. The summed E-state index contributed by atoms with van der Waals surface area (Å²) < 4.78 is 0. The van der Waals surface area contributed by atoms with Crippen LogP contribution in [0.2, 0.25) is 0 Å². The highest BCUT2D eigenvalue weighted by Crippen LogP contribution is 2.40. The molecule has 2 aromatic rings. The summed E-state index contributed by atoms with van der Waals surface area (Å²) in [5, 5.41) is 23.4. The second-order valence-electron chi connectivity index (χ2n) is 6.09. The van der Waals surface area contributed by atoms with Crippen LogP contribution in [0.15, 0.2) is 30.3 Å². The molecule has 21 heavy (non-hydrogen) atoms. The highest BCUT2D eigenvalue weighted by Gasteiger charge is 2.38. The van der Waals surface area contributed by atoms with Crippen molar-refractivity contribution in [3.63, 3.8) is 0 Å². The van der Waals surface area contributed by atoms with Gasteiger partial charge in [-0.3, -0.25) is 0 Å². The van der Waals surface area contributed by atoms with Crippen molar-refractivity contribution in [1.82, 2.24) is 4.98 Å². The molecule has 1 aliphatic rings. The van der Waals surface area contributed by atoms with Crippen LogP contribution in [-0.2, 0) is 0 Å². The van der Waals surface area contributed by atoms with E-state index in [9.17, 15) is 5.11 Å². The first-order valence-electron chi connectivity index (χ1n) is 7.33. The van der Waals surface area contributed by atoms with Crippen LogP contribution in [0.1, 0.15) is 31.9 Å². The summed E-state index contributed by atoms with van der Waals surface area (Å²) in [7, 11) is 0. The number of hydrogen-bond acceptors (Lipinski definition) is 4. The van der Waals surface area contributed by atoms with Crippen LogP contribution in [0.4, 0.5) is 5.69 Å². The van der Waals surface area contributed by atoms with Gasteiger partial charge in [0.1, 0.15) is 11.8 Å². The third-order valence-corrected chi connectivity index (χ3v) is 4.60. The summed E-state index contributed by atoms with van der Waals surface area (Å²) in [5.74, 6) is 0. The quantitative estimate of drug-likeness (QED) is 0.907. The van der Waals surface area contributed by atoms with Crippen LogP contribution in [0.5, 0.6) is 0 Å². The van der Waals surface area contributed by atoms with Crippen LogP contribution in [-0.4, -0.2) is 22.7 Å². The van der Waals surface area contributed by atoms with Crippen LogP contribution in [0.3, 0.4) is 0 Å². The van der Waals surface area contributed by atoms with Crippen LogP contribution in [0, 0.1) is 16.7 Å². The summed E-state index contributed by atoms with van der Waals surface area (Å²) in [6.07, 6.45) is 3.17. The molecule has 1 aromatic heterocycles. The molecule has 1 heterocycles. The van der Waals surface area contributed by atoms with Crippen molar-refractivity contribution in [2.75, 3.05) is 11.9 Å². The molecule has 108 valence electrons. The Morgan fingerprint density at radius 2 is 2.29 bits per heavy atom. The summed E-state index contributed by atoms with van der Waals surface area (Å²) in [4.78, 5) is 4.33. The third-order valence-electron chi connectivity index (χ3n) is 4.60. The maximum absolute atomic E-state index is 9.68. The van der Waals surface area contributed by atoms with Crippen molar-refractivity contribution in [2.24, 2.45) is 5.41 Å². The number of aliphatic hydroxyl groups excluding tert-OH is 1. The van der Waals surface area contributed by atoms with E-state index in [4.69, 9.17) is 5.26 Å². The molecule has 1 aliphatic carbocycles. The Labute approximate surface area is 124 Å². The van der Waals surface area contributed by atoms with Crippen molar-refractivity contribution in [1.29, 1.82) is 5.26 Å². The molecule has 4 heteroatoms. The molecule has 0 bridgehead atoms. The van der Waals surface area contributed by atoms with E-state index in [0.717, 1.165) is 35.9 Å². The van der Waals surface area contributed by atoms with Crippen molar-refractivity contribution in [3.05, 3.63) is 36.0 Å². The Hall–Kier alpha value is -2.12. The molecule has 4 nitrogen and oxygen atoms in total. The van der Waals surface area contributed by atoms with Crippen LogP contribution >= 0.6 is 0 Å². The zero-order chi connectivity index (χ0) is 14.9. The minimum absolute atomic E-state index is 0.100.